The number of rotatable bonds is 8. The normalized spacial score (nSPS) is 11.5. The summed E-state index contributed by atoms with van der Waals surface area (Å²) >= 11 is 0. The van der Waals surface area contributed by atoms with Crippen LogP contribution < -0.4 is 9.62 Å². The lowest BCUT2D eigenvalue weighted by atomic mass is 10.2. The molecule has 0 amide bonds. The molecule has 0 radical (unpaired) electrons. The van der Waals surface area contributed by atoms with Crippen molar-refractivity contribution < 1.29 is 12.8 Å². The highest BCUT2D eigenvalue weighted by Crippen LogP contribution is 2.12. The Labute approximate surface area is 142 Å². The largest absolute Gasteiger partial charge is 0.357 e. The van der Waals surface area contributed by atoms with Crippen molar-refractivity contribution in [3.05, 3.63) is 59.5 Å². The highest BCUT2D eigenvalue weighted by molar-refractivity contribution is 7.88. The molecular weight excluding hydrogens is 329 g/mol. The van der Waals surface area contributed by atoms with Gasteiger partial charge in [-0.2, -0.15) is 0 Å². The Morgan fingerprint density at radius 2 is 1.67 bits per heavy atom. The van der Waals surface area contributed by atoms with Gasteiger partial charge in [-0.25, -0.2) is 22.5 Å². The molecule has 2 aromatic rings. The summed E-state index contributed by atoms with van der Waals surface area (Å²) in [6.45, 7) is 6.03. The Morgan fingerprint density at radius 1 is 1.04 bits per heavy atom. The van der Waals surface area contributed by atoms with Crippen LogP contribution in [0, 0.1) is 5.82 Å². The Hall–Kier alpha value is -1.99. The fourth-order valence-electron chi connectivity index (χ4n) is 2.30. The monoisotopic (exact) mass is 351 g/mol. The lowest BCUT2D eigenvalue weighted by Gasteiger charge is -2.19. The number of halogens is 1. The lowest BCUT2D eigenvalue weighted by Crippen LogP contribution is -2.25. The topological polar surface area (TPSA) is 62.3 Å². The number of hydrogen-bond acceptors (Lipinski definition) is 4. The van der Waals surface area contributed by atoms with Crippen LogP contribution in [0.4, 0.5) is 10.2 Å². The van der Waals surface area contributed by atoms with Gasteiger partial charge in [-0.15, -0.1) is 0 Å². The Kier molecular flexibility index (Phi) is 6.28. The van der Waals surface area contributed by atoms with Crippen LogP contribution in [0.2, 0.25) is 0 Å². The molecule has 0 aliphatic heterocycles. The molecule has 130 valence electrons. The molecule has 0 saturated carbocycles. The van der Waals surface area contributed by atoms with Gasteiger partial charge >= 0.3 is 0 Å². The number of benzene rings is 1. The van der Waals surface area contributed by atoms with E-state index < -0.39 is 10.0 Å². The van der Waals surface area contributed by atoms with Crippen molar-refractivity contribution in [1.29, 1.82) is 0 Å². The van der Waals surface area contributed by atoms with Crippen LogP contribution in [-0.4, -0.2) is 26.5 Å². The van der Waals surface area contributed by atoms with Crippen molar-refractivity contribution in [2.45, 2.75) is 26.1 Å². The quantitative estimate of drug-likeness (QED) is 0.794. The van der Waals surface area contributed by atoms with E-state index in [0.29, 0.717) is 5.56 Å². The van der Waals surface area contributed by atoms with E-state index in [2.05, 4.69) is 28.5 Å². The van der Waals surface area contributed by atoms with Crippen molar-refractivity contribution in [2.24, 2.45) is 0 Å². The summed E-state index contributed by atoms with van der Waals surface area (Å²) in [5.41, 5.74) is 1.33. The van der Waals surface area contributed by atoms with Gasteiger partial charge in [0.15, 0.2) is 0 Å². The van der Waals surface area contributed by atoms with Crippen molar-refractivity contribution >= 4 is 15.8 Å². The summed E-state index contributed by atoms with van der Waals surface area (Å²) in [5.74, 6) is 0.305. The average Bonchev–Trinajstić information content (AvgIpc) is 2.57. The predicted molar refractivity (Wildman–Crippen MR) is 93.7 cm³/mol. The maximum absolute atomic E-state index is 12.9. The fraction of sp³-hybridized carbons (Fsp3) is 0.353. The van der Waals surface area contributed by atoms with E-state index >= 15 is 0 Å². The number of nitrogens with one attached hydrogen (secondary N) is 1. The zero-order valence-corrected chi connectivity index (χ0v) is 14.7. The molecule has 24 heavy (non-hydrogen) atoms. The number of aromatic nitrogens is 1. The Bertz CT molecular complexity index is 742. The molecule has 1 aromatic carbocycles. The van der Waals surface area contributed by atoms with Crippen molar-refractivity contribution in [3.63, 3.8) is 0 Å². The number of pyridine rings is 1. The van der Waals surface area contributed by atoms with Gasteiger partial charge in [0.1, 0.15) is 11.6 Å². The number of anilines is 1. The standard InChI is InChI=1S/C17H22FN3O2S/c1-3-21(4-2)17-10-7-15(11-19-17)12-20-24(22,23)13-14-5-8-16(18)9-6-14/h5-11,20H,3-4,12-13H2,1-2H3. The summed E-state index contributed by atoms with van der Waals surface area (Å²) < 4.78 is 39.6. The molecule has 1 aromatic heterocycles. The van der Waals surface area contributed by atoms with Crippen molar-refractivity contribution in [1.82, 2.24) is 9.71 Å². The first-order valence-corrected chi connectivity index (χ1v) is 9.50. The minimum absolute atomic E-state index is 0.176. The minimum atomic E-state index is -3.49. The summed E-state index contributed by atoms with van der Waals surface area (Å²) in [4.78, 5) is 6.48. The predicted octanol–water partition coefficient (Wildman–Crippen LogP) is 2.69. The molecule has 1 N–H and O–H groups in total. The summed E-state index contributed by atoms with van der Waals surface area (Å²) in [5, 5.41) is 0. The molecule has 7 heteroatoms. The first-order valence-electron chi connectivity index (χ1n) is 7.85. The first-order chi connectivity index (χ1) is 11.4. The molecule has 1 heterocycles. The zero-order valence-electron chi connectivity index (χ0n) is 13.9. The molecule has 5 nitrogen and oxygen atoms in total. The number of sulfonamides is 1. The minimum Gasteiger partial charge on any atom is -0.357 e. The van der Waals surface area contributed by atoms with Gasteiger partial charge in [0.2, 0.25) is 10.0 Å². The van der Waals surface area contributed by atoms with E-state index in [1.807, 2.05) is 12.1 Å². The van der Waals surface area contributed by atoms with Gasteiger partial charge in [-0.3, -0.25) is 0 Å². The van der Waals surface area contributed by atoms with Crippen molar-refractivity contribution in [2.75, 3.05) is 18.0 Å². The molecular formula is C17H22FN3O2S. The highest BCUT2D eigenvalue weighted by Gasteiger charge is 2.12. The second kappa shape index (κ2) is 8.21. The Morgan fingerprint density at radius 3 is 2.21 bits per heavy atom. The van der Waals surface area contributed by atoms with E-state index in [1.165, 1.54) is 24.3 Å². The van der Waals surface area contributed by atoms with E-state index in [4.69, 9.17) is 0 Å². The van der Waals surface area contributed by atoms with Gasteiger partial charge < -0.3 is 4.90 Å². The Balaban J connectivity index is 1.95. The van der Waals surface area contributed by atoms with E-state index in [9.17, 15) is 12.8 Å². The maximum Gasteiger partial charge on any atom is 0.216 e. The summed E-state index contributed by atoms with van der Waals surface area (Å²) in [7, 11) is -3.49. The zero-order chi connectivity index (χ0) is 17.6. The molecule has 0 aliphatic rings. The maximum atomic E-state index is 12.9. The second-order valence-electron chi connectivity index (χ2n) is 5.40. The van der Waals surface area contributed by atoms with Crippen LogP contribution in [-0.2, 0) is 22.3 Å². The van der Waals surface area contributed by atoms with Gasteiger partial charge in [-0.1, -0.05) is 18.2 Å². The molecule has 0 saturated heterocycles. The van der Waals surface area contributed by atoms with Gasteiger partial charge in [0, 0.05) is 25.8 Å². The smallest absolute Gasteiger partial charge is 0.216 e. The van der Waals surface area contributed by atoms with Crippen LogP contribution >= 0.6 is 0 Å². The van der Waals surface area contributed by atoms with Crippen LogP contribution in [0.15, 0.2) is 42.6 Å². The third-order valence-corrected chi connectivity index (χ3v) is 4.96. The van der Waals surface area contributed by atoms with Gasteiger partial charge in [0.05, 0.1) is 5.75 Å². The summed E-state index contributed by atoms with van der Waals surface area (Å²) in [6.07, 6.45) is 1.67. The molecule has 0 atom stereocenters. The highest BCUT2D eigenvalue weighted by atomic mass is 32.2. The van der Waals surface area contributed by atoms with Gasteiger partial charge in [-0.05, 0) is 43.2 Å². The number of nitrogens with zero attached hydrogens (tertiary/aromatic N) is 2. The van der Waals surface area contributed by atoms with Crippen LogP contribution in [0.3, 0.4) is 0 Å². The van der Waals surface area contributed by atoms with Crippen molar-refractivity contribution in [3.8, 4) is 0 Å². The molecule has 0 spiro atoms. The molecule has 2 rings (SSSR count). The van der Waals surface area contributed by atoms with E-state index in [0.717, 1.165) is 24.5 Å². The third-order valence-electron chi connectivity index (χ3n) is 3.66. The molecule has 0 unspecified atom stereocenters. The fourth-order valence-corrected chi connectivity index (χ4v) is 3.42. The molecule has 0 aliphatic carbocycles. The molecule has 0 bridgehead atoms. The SMILES string of the molecule is CCN(CC)c1ccc(CNS(=O)(=O)Cc2ccc(F)cc2)cn1. The summed E-state index contributed by atoms with van der Waals surface area (Å²) in [6, 6.07) is 9.18. The van der Waals surface area contributed by atoms with Crippen LogP contribution in [0.25, 0.3) is 0 Å². The van der Waals surface area contributed by atoms with E-state index in [-0.39, 0.29) is 18.1 Å². The number of hydrogen-bond donors (Lipinski definition) is 1. The third kappa shape index (κ3) is 5.28. The van der Waals surface area contributed by atoms with Gasteiger partial charge in [0.25, 0.3) is 0 Å². The lowest BCUT2D eigenvalue weighted by molar-refractivity contribution is 0.580. The second-order valence-corrected chi connectivity index (χ2v) is 7.21. The van der Waals surface area contributed by atoms with Crippen LogP contribution in [0.5, 0.6) is 0 Å². The van der Waals surface area contributed by atoms with Crippen LogP contribution in [0.1, 0.15) is 25.0 Å². The molecule has 0 fully saturated rings. The first kappa shape index (κ1) is 18.4. The average molecular weight is 351 g/mol. The van der Waals surface area contributed by atoms with E-state index in [1.54, 1.807) is 6.20 Å².